The topological polar surface area (TPSA) is 69.0 Å². The summed E-state index contributed by atoms with van der Waals surface area (Å²) in [6, 6.07) is 3.42. The second-order valence-corrected chi connectivity index (χ2v) is 5.70. The highest BCUT2D eigenvalue weighted by Crippen LogP contribution is 2.17. The Balaban J connectivity index is 1.51. The number of piperazine rings is 1. The molecule has 0 aromatic carbocycles. The molecule has 1 aromatic rings. The number of nitrogens with one attached hydrogen (secondary N) is 1. The van der Waals surface area contributed by atoms with Gasteiger partial charge in [0.25, 0.3) is 5.91 Å². The zero-order chi connectivity index (χ0) is 14.0. The minimum atomic E-state index is -0.604. The molecule has 6 heteroatoms. The largest absolute Gasteiger partial charge is 0.459 e. The smallest absolute Gasteiger partial charge is 0.289 e. The summed E-state index contributed by atoms with van der Waals surface area (Å²) in [4.78, 5) is 16.2. The zero-order valence-corrected chi connectivity index (χ0v) is 11.5. The van der Waals surface area contributed by atoms with Crippen molar-refractivity contribution in [1.29, 1.82) is 0 Å². The van der Waals surface area contributed by atoms with Crippen LogP contribution in [0.15, 0.2) is 22.8 Å². The van der Waals surface area contributed by atoms with Gasteiger partial charge >= 0.3 is 0 Å². The van der Waals surface area contributed by atoms with E-state index in [0.29, 0.717) is 31.9 Å². The Hall–Kier alpha value is -1.37. The first-order chi connectivity index (χ1) is 9.66. The molecule has 0 bridgehead atoms. The summed E-state index contributed by atoms with van der Waals surface area (Å²) in [7, 11) is 0. The third kappa shape index (κ3) is 2.87. The van der Waals surface area contributed by atoms with E-state index < -0.39 is 5.60 Å². The highest BCUT2D eigenvalue weighted by atomic mass is 16.3. The van der Waals surface area contributed by atoms with E-state index in [1.165, 1.54) is 6.26 Å². The SMILES string of the molecule is O=C(c1ccco1)N1CCN(C[C@]2(O)CCNC2)CC1. The van der Waals surface area contributed by atoms with Crippen molar-refractivity contribution < 1.29 is 14.3 Å². The fourth-order valence-electron chi connectivity index (χ4n) is 2.95. The van der Waals surface area contributed by atoms with Crippen LogP contribution >= 0.6 is 0 Å². The zero-order valence-electron chi connectivity index (χ0n) is 11.5. The Morgan fingerprint density at radius 2 is 2.20 bits per heavy atom. The monoisotopic (exact) mass is 279 g/mol. The number of furan rings is 1. The summed E-state index contributed by atoms with van der Waals surface area (Å²) < 4.78 is 5.15. The van der Waals surface area contributed by atoms with Gasteiger partial charge in [0.15, 0.2) is 5.76 Å². The molecule has 2 aliphatic rings. The minimum absolute atomic E-state index is 0.0455. The van der Waals surface area contributed by atoms with Crippen LogP contribution in [0.2, 0.25) is 0 Å². The predicted octanol–water partition coefficient (Wildman–Crippen LogP) is -0.238. The molecule has 2 N–H and O–H groups in total. The summed E-state index contributed by atoms with van der Waals surface area (Å²) in [5, 5.41) is 13.6. The summed E-state index contributed by atoms with van der Waals surface area (Å²) in [5.41, 5.74) is -0.604. The summed E-state index contributed by atoms with van der Waals surface area (Å²) >= 11 is 0. The van der Waals surface area contributed by atoms with E-state index in [1.54, 1.807) is 12.1 Å². The lowest BCUT2D eigenvalue weighted by Gasteiger charge is -2.37. The van der Waals surface area contributed by atoms with Gasteiger partial charge in [0, 0.05) is 39.3 Å². The molecular formula is C14H21N3O3. The first-order valence-corrected chi connectivity index (χ1v) is 7.15. The number of amides is 1. The number of hydrogen-bond donors (Lipinski definition) is 2. The average molecular weight is 279 g/mol. The van der Waals surface area contributed by atoms with Gasteiger partial charge in [-0.25, -0.2) is 0 Å². The standard InChI is InChI=1S/C14H21N3O3/c18-13(12-2-1-9-20-12)17-7-5-16(6-8-17)11-14(19)3-4-15-10-14/h1-2,9,15,19H,3-8,10-11H2/t14-/m0/s1. The van der Waals surface area contributed by atoms with Crippen LogP contribution in [0, 0.1) is 0 Å². The second kappa shape index (κ2) is 5.55. The average Bonchev–Trinajstić information content (AvgIpc) is 3.10. The molecule has 20 heavy (non-hydrogen) atoms. The van der Waals surface area contributed by atoms with Gasteiger partial charge in [-0.1, -0.05) is 0 Å². The first kappa shape index (κ1) is 13.6. The van der Waals surface area contributed by atoms with E-state index in [2.05, 4.69) is 10.2 Å². The van der Waals surface area contributed by atoms with Crippen LogP contribution in [-0.4, -0.2) is 72.2 Å². The Labute approximate surface area is 118 Å². The third-order valence-corrected chi connectivity index (χ3v) is 4.13. The quantitative estimate of drug-likeness (QED) is 0.799. The van der Waals surface area contributed by atoms with E-state index in [-0.39, 0.29) is 5.91 Å². The maximum Gasteiger partial charge on any atom is 0.289 e. The van der Waals surface area contributed by atoms with Gasteiger partial charge in [-0.15, -0.1) is 0 Å². The van der Waals surface area contributed by atoms with Gasteiger partial charge in [0.2, 0.25) is 0 Å². The maximum atomic E-state index is 12.1. The predicted molar refractivity (Wildman–Crippen MR) is 73.5 cm³/mol. The van der Waals surface area contributed by atoms with Gasteiger partial charge in [0.05, 0.1) is 11.9 Å². The minimum Gasteiger partial charge on any atom is -0.459 e. The summed E-state index contributed by atoms with van der Waals surface area (Å²) in [5.74, 6) is 0.355. The Kier molecular flexibility index (Phi) is 3.78. The van der Waals surface area contributed by atoms with Crippen molar-refractivity contribution in [3.63, 3.8) is 0 Å². The molecule has 0 radical (unpaired) electrons. The van der Waals surface area contributed by atoms with Crippen molar-refractivity contribution in [2.24, 2.45) is 0 Å². The second-order valence-electron chi connectivity index (χ2n) is 5.70. The molecule has 1 amide bonds. The lowest BCUT2D eigenvalue weighted by Crippen LogP contribution is -2.53. The molecule has 6 nitrogen and oxygen atoms in total. The molecule has 2 fully saturated rings. The van der Waals surface area contributed by atoms with E-state index in [9.17, 15) is 9.90 Å². The number of β-amino-alcohol motifs (C(OH)–C–C–N with tert-alkyl or cyclic N) is 1. The molecule has 1 atom stereocenters. The number of carbonyl (C=O) groups is 1. The van der Waals surface area contributed by atoms with Crippen molar-refractivity contribution in [3.05, 3.63) is 24.2 Å². The van der Waals surface area contributed by atoms with Gasteiger partial charge < -0.3 is 19.7 Å². The van der Waals surface area contributed by atoms with Gasteiger partial charge in [-0.05, 0) is 25.1 Å². The number of carbonyl (C=O) groups excluding carboxylic acids is 1. The molecule has 2 aliphatic heterocycles. The number of aliphatic hydroxyl groups is 1. The molecule has 0 saturated carbocycles. The van der Waals surface area contributed by atoms with Crippen molar-refractivity contribution in [3.8, 4) is 0 Å². The van der Waals surface area contributed by atoms with Crippen molar-refractivity contribution in [1.82, 2.24) is 15.1 Å². The Bertz CT molecular complexity index is 446. The van der Waals surface area contributed by atoms with Crippen molar-refractivity contribution in [2.75, 3.05) is 45.8 Å². The van der Waals surface area contributed by atoms with Crippen LogP contribution in [0.1, 0.15) is 17.0 Å². The molecule has 0 unspecified atom stereocenters. The maximum absolute atomic E-state index is 12.1. The Morgan fingerprint density at radius 3 is 2.80 bits per heavy atom. The van der Waals surface area contributed by atoms with Crippen LogP contribution in [-0.2, 0) is 0 Å². The number of hydrogen-bond acceptors (Lipinski definition) is 5. The molecule has 110 valence electrons. The van der Waals surface area contributed by atoms with E-state index in [0.717, 1.165) is 26.1 Å². The molecule has 0 aliphatic carbocycles. The summed E-state index contributed by atoms with van der Waals surface area (Å²) in [6.07, 6.45) is 2.32. The van der Waals surface area contributed by atoms with Crippen LogP contribution in [0.5, 0.6) is 0 Å². The highest BCUT2D eigenvalue weighted by Gasteiger charge is 2.34. The lowest BCUT2D eigenvalue weighted by atomic mass is 10.0. The van der Waals surface area contributed by atoms with Crippen molar-refractivity contribution >= 4 is 5.91 Å². The van der Waals surface area contributed by atoms with Crippen LogP contribution in [0.4, 0.5) is 0 Å². The lowest BCUT2D eigenvalue weighted by molar-refractivity contribution is 0.00571. The Morgan fingerprint density at radius 1 is 1.40 bits per heavy atom. The van der Waals surface area contributed by atoms with Gasteiger partial charge in [-0.2, -0.15) is 0 Å². The number of rotatable bonds is 3. The van der Waals surface area contributed by atoms with Crippen molar-refractivity contribution in [2.45, 2.75) is 12.0 Å². The molecule has 1 aromatic heterocycles. The van der Waals surface area contributed by atoms with Crippen LogP contribution < -0.4 is 5.32 Å². The molecule has 0 spiro atoms. The molecule has 3 rings (SSSR count). The van der Waals surface area contributed by atoms with E-state index in [4.69, 9.17) is 4.42 Å². The van der Waals surface area contributed by atoms with Crippen LogP contribution in [0.3, 0.4) is 0 Å². The fraction of sp³-hybridized carbons (Fsp3) is 0.643. The molecule has 2 saturated heterocycles. The summed E-state index contributed by atoms with van der Waals surface area (Å²) in [6.45, 7) is 5.20. The third-order valence-electron chi connectivity index (χ3n) is 4.13. The normalized spacial score (nSPS) is 27.9. The van der Waals surface area contributed by atoms with E-state index in [1.807, 2.05) is 4.90 Å². The van der Waals surface area contributed by atoms with Gasteiger partial charge in [0.1, 0.15) is 0 Å². The van der Waals surface area contributed by atoms with Gasteiger partial charge in [-0.3, -0.25) is 9.69 Å². The molecule has 3 heterocycles. The van der Waals surface area contributed by atoms with Crippen LogP contribution in [0.25, 0.3) is 0 Å². The van der Waals surface area contributed by atoms with E-state index >= 15 is 0 Å². The highest BCUT2D eigenvalue weighted by molar-refractivity contribution is 5.91. The fourth-order valence-corrected chi connectivity index (χ4v) is 2.95. The first-order valence-electron chi connectivity index (χ1n) is 7.15. The number of nitrogens with zero attached hydrogens (tertiary/aromatic N) is 2. The molecular weight excluding hydrogens is 258 g/mol.